The van der Waals surface area contributed by atoms with E-state index in [1.54, 1.807) is 0 Å². The van der Waals surface area contributed by atoms with Gasteiger partial charge in [-0.1, -0.05) is 25.1 Å². The van der Waals surface area contributed by atoms with Crippen LogP contribution in [0.5, 0.6) is 0 Å². The number of Topliss-reactive ketones (excluding diaryl/α,β-unsaturated/α-hetero) is 1. The zero-order chi connectivity index (χ0) is 14.6. The Morgan fingerprint density at radius 2 is 2.10 bits per heavy atom. The van der Waals surface area contributed by atoms with Gasteiger partial charge in [-0.2, -0.15) is 0 Å². The Morgan fingerprint density at radius 1 is 1.24 bits per heavy atom. The molecule has 2 nitrogen and oxygen atoms in total. The first-order valence-corrected chi connectivity index (χ1v) is 8.39. The van der Waals surface area contributed by atoms with Crippen molar-refractivity contribution < 1.29 is 9.90 Å². The van der Waals surface area contributed by atoms with Gasteiger partial charge in [0.2, 0.25) is 0 Å². The molecule has 2 heteroatoms. The van der Waals surface area contributed by atoms with Crippen LogP contribution >= 0.6 is 0 Å². The van der Waals surface area contributed by atoms with Crippen molar-refractivity contribution in [3.8, 4) is 0 Å². The first-order chi connectivity index (χ1) is 10.1. The first kappa shape index (κ1) is 13.5. The fourth-order valence-corrected chi connectivity index (χ4v) is 5.51. The van der Waals surface area contributed by atoms with Gasteiger partial charge in [0, 0.05) is 11.8 Å². The molecule has 3 aliphatic rings. The van der Waals surface area contributed by atoms with Gasteiger partial charge in [-0.25, -0.2) is 0 Å². The number of hydrogen-bond donors (Lipinski definition) is 1. The van der Waals surface area contributed by atoms with Crippen molar-refractivity contribution in [2.24, 2.45) is 17.3 Å². The van der Waals surface area contributed by atoms with Crippen molar-refractivity contribution >= 4 is 5.78 Å². The molecule has 4 atom stereocenters. The Morgan fingerprint density at radius 3 is 2.90 bits per heavy atom. The summed E-state index contributed by atoms with van der Waals surface area (Å²) in [5.41, 5.74) is 3.95. The number of aliphatic hydroxyl groups excluding tert-OH is 1. The fraction of sp³-hybridized carbons (Fsp3) is 0.632. The molecule has 1 aromatic rings. The molecule has 0 bridgehead atoms. The van der Waals surface area contributed by atoms with Crippen LogP contribution in [0.3, 0.4) is 0 Å². The number of benzene rings is 1. The summed E-state index contributed by atoms with van der Waals surface area (Å²) in [7, 11) is 0. The van der Waals surface area contributed by atoms with Gasteiger partial charge in [0.05, 0.1) is 6.61 Å². The number of aryl methyl sites for hydroxylation is 1. The second-order valence-electron chi connectivity index (χ2n) is 7.52. The van der Waals surface area contributed by atoms with E-state index in [9.17, 15) is 9.90 Å². The zero-order valence-corrected chi connectivity index (χ0v) is 12.8. The molecule has 0 heterocycles. The summed E-state index contributed by atoms with van der Waals surface area (Å²) >= 11 is 0. The Hall–Kier alpha value is -1.15. The molecule has 1 aromatic carbocycles. The third-order valence-electron chi connectivity index (χ3n) is 6.68. The lowest BCUT2D eigenvalue weighted by Gasteiger charge is -2.48. The van der Waals surface area contributed by atoms with Gasteiger partial charge >= 0.3 is 0 Å². The molecule has 4 rings (SSSR count). The van der Waals surface area contributed by atoms with Crippen LogP contribution in [-0.4, -0.2) is 10.9 Å². The molecule has 0 spiro atoms. The number of aliphatic hydroxyl groups is 1. The molecule has 1 N–H and O–H groups in total. The lowest BCUT2D eigenvalue weighted by Crippen LogP contribution is -2.42. The van der Waals surface area contributed by atoms with Crippen LogP contribution in [0.25, 0.3) is 0 Å². The summed E-state index contributed by atoms with van der Waals surface area (Å²) in [6.45, 7) is 2.37. The summed E-state index contributed by atoms with van der Waals surface area (Å²) in [6.07, 6.45) is 6.49. The molecule has 3 unspecified atom stereocenters. The number of ketones is 1. The van der Waals surface area contributed by atoms with Crippen LogP contribution in [0.2, 0.25) is 0 Å². The molecule has 0 radical (unpaired) electrons. The van der Waals surface area contributed by atoms with Gasteiger partial charge in [0.25, 0.3) is 0 Å². The molecule has 0 saturated heterocycles. The number of fused-ring (bicyclic) bond motifs is 5. The molecule has 0 aliphatic heterocycles. The molecule has 2 saturated carbocycles. The Balaban J connectivity index is 1.70. The van der Waals surface area contributed by atoms with Gasteiger partial charge in [0.1, 0.15) is 5.78 Å². The van der Waals surface area contributed by atoms with E-state index in [1.807, 2.05) is 0 Å². The van der Waals surface area contributed by atoms with Gasteiger partial charge < -0.3 is 5.11 Å². The third-order valence-corrected chi connectivity index (χ3v) is 6.68. The van der Waals surface area contributed by atoms with E-state index in [0.717, 1.165) is 37.7 Å². The fourth-order valence-electron chi connectivity index (χ4n) is 5.51. The highest BCUT2D eigenvalue weighted by Crippen LogP contribution is 2.59. The molecule has 2 fully saturated rings. The predicted octanol–water partition coefficient (Wildman–Crippen LogP) is 3.60. The standard InChI is InChI=1S/C19H24O2/c1-19-9-8-15-14-4-2-12(11-20)10-13(14)3-5-16(15)17(19)6-7-18(19)21/h2,4,10,15-17,20H,3,5-9,11H2,1H3/t15?,16?,17?,19-/m0/s1. The van der Waals surface area contributed by atoms with E-state index in [4.69, 9.17) is 0 Å². The minimum absolute atomic E-state index is 0.0241. The van der Waals surface area contributed by atoms with Crippen molar-refractivity contribution in [1.82, 2.24) is 0 Å². The van der Waals surface area contributed by atoms with Gasteiger partial charge in [-0.3, -0.25) is 4.79 Å². The van der Waals surface area contributed by atoms with Crippen LogP contribution in [0.4, 0.5) is 0 Å². The maximum absolute atomic E-state index is 12.3. The van der Waals surface area contributed by atoms with Crippen molar-refractivity contribution in [2.45, 2.75) is 58.0 Å². The van der Waals surface area contributed by atoms with Crippen LogP contribution in [0, 0.1) is 17.3 Å². The van der Waals surface area contributed by atoms with Crippen LogP contribution in [0.1, 0.15) is 61.6 Å². The van der Waals surface area contributed by atoms with Crippen molar-refractivity contribution in [1.29, 1.82) is 0 Å². The smallest absolute Gasteiger partial charge is 0.139 e. The lowest BCUT2D eigenvalue weighted by atomic mass is 9.55. The maximum Gasteiger partial charge on any atom is 0.139 e. The number of rotatable bonds is 1. The monoisotopic (exact) mass is 284 g/mol. The Labute approximate surface area is 126 Å². The third kappa shape index (κ3) is 1.85. The molecule has 0 amide bonds. The largest absolute Gasteiger partial charge is 0.392 e. The maximum atomic E-state index is 12.3. The molecular formula is C19H24O2. The highest BCUT2D eigenvalue weighted by atomic mass is 16.3. The van der Waals surface area contributed by atoms with Crippen LogP contribution < -0.4 is 0 Å². The summed E-state index contributed by atoms with van der Waals surface area (Å²) in [5.74, 6) is 2.47. The lowest BCUT2D eigenvalue weighted by molar-refractivity contribution is -0.129. The SMILES string of the molecule is C[C@]12CCC3c4ccc(CO)cc4CCC3C1CCC2=O. The van der Waals surface area contributed by atoms with Gasteiger partial charge in [-0.05, 0) is 66.5 Å². The van der Waals surface area contributed by atoms with Gasteiger partial charge in [0.15, 0.2) is 0 Å². The highest BCUT2D eigenvalue weighted by Gasteiger charge is 2.54. The second kappa shape index (κ2) is 4.67. The van der Waals surface area contributed by atoms with E-state index >= 15 is 0 Å². The second-order valence-corrected chi connectivity index (χ2v) is 7.52. The topological polar surface area (TPSA) is 37.3 Å². The predicted molar refractivity (Wildman–Crippen MR) is 82.0 cm³/mol. The first-order valence-electron chi connectivity index (χ1n) is 8.39. The number of hydrogen-bond acceptors (Lipinski definition) is 2. The summed E-state index contributed by atoms with van der Waals surface area (Å²) in [4.78, 5) is 12.3. The van der Waals surface area contributed by atoms with Crippen molar-refractivity contribution in [2.75, 3.05) is 0 Å². The van der Waals surface area contributed by atoms with E-state index in [-0.39, 0.29) is 12.0 Å². The van der Waals surface area contributed by atoms with Crippen LogP contribution in [0.15, 0.2) is 18.2 Å². The average Bonchev–Trinajstić information content (AvgIpc) is 2.82. The highest BCUT2D eigenvalue weighted by molar-refractivity contribution is 5.87. The van der Waals surface area contributed by atoms with Gasteiger partial charge in [-0.15, -0.1) is 0 Å². The van der Waals surface area contributed by atoms with Crippen molar-refractivity contribution in [3.63, 3.8) is 0 Å². The Bertz CT molecular complexity index is 591. The number of carbonyl (C=O) groups is 1. The summed E-state index contributed by atoms with van der Waals surface area (Å²) < 4.78 is 0. The minimum atomic E-state index is -0.0241. The molecule has 112 valence electrons. The summed E-state index contributed by atoms with van der Waals surface area (Å²) in [5, 5.41) is 9.32. The quantitative estimate of drug-likeness (QED) is 0.855. The molecule has 0 aromatic heterocycles. The van der Waals surface area contributed by atoms with Crippen LogP contribution in [-0.2, 0) is 17.8 Å². The normalized spacial score (nSPS) is 37.8. The van der Waals surface area contributed by atoms with E-state index in [1.165, 1.54) is 17.5 Å². The number of carbonyl (C=O) groups excluding carboxylic acids is 1. The van der Waals surface area contributed by atoms with E-state index in [2.05, 4.69) is 25.1 Å². The van der Waals surface area contributed by atoms with E-state index < -0.39 is 0 Å². The van der Waals surface area contributed by atoms with Crippen molar-refractivity contribution in [3.05, 3.63) is 34.9 Å². The molecule has 21 heavy (non-hydrogen) atoms. The average molecular weight is 284 g/mol. The Kier molecular flexibility index (Phi) is 3.01. The molecule has 3 aliphatic carbocycles. The van der Waals surface area contributed by atoms with E-state index in [0.29, 0.717) is 23.5 Å². The minimum Gasteiger partial charge on any atom is -0.392 e. The molecular weight excluding hydrogens is 260 g/mol. The zero-order valence-electron chi connectivity index (χ0n) is 12.8. The summed E-state index contributed by atoms with van der Waals surface area (Å²) in [6, 6.07) is 6.52.